The third-order valence-corrected chi connectivity index (χ3v) is 5.69. The van der Waals surface area contributed by atoms with Crippen LogP contribution in [-0.4, -0.2) is 18.0 Å². The molecule has 3 nitrogen and oxygen atoms in total. The predicted molar refractivity (Wildman–Crippen MR) is 71.9 cm³/mol. The van der Waals surface area contributed by atoms with Crippen molar-refractivity contribution in [1.82, 2.24) is 5.32 Å². The van der Waals surface area contributed by atoms with Gasteiger partial charge in [0.25, 0.3) is 0 Å². The molecule has 4 aliphatic rings. The van der Waals surface area contributed by atoms with Crippen molar-refractivity contribution in [3.05, 3.63) is 0 Å². The Morgan fingerprint density at radius 1 is 1.17 bits per heavy atom. The average molecular weight is 250 g/mol. The van der Waals surface area contributed by atoms with Gasteiger partial charge in [-0.05, 0) is 75.5 Å². The Labute approximate surface area is 110 Å². The molecule has 3 N–H and O–H groups in total. The predicted octanol–water partition coefficient (Wildman–Crippen LogP) is 2.06. The summed E-state index contributed by atoms with van der Waals surface area (Å²) in [5.74, 6) is 2.66. The largest absolute Gasteiger partial charge is 0.368 e. The minimum atomic E-state index is -0.566. The van der Waals surface area contributed by atoms with Crippen LogP contribution in [-0.2, 0) is 4.79 Å². The van der Waals surface area contributed by atoms with E-state index in [9.17, 15) is 4.79 Å². The number of primary amides is 1. The van der Waals surface area contributed by atoms with Crippen molar-refractivity contribution in [2.75, 3.05) is 6.54 Å². The van der Waals surface area contributed by atoms with Gasteiger partial charge in [-0.3, -0.25) is 4.79 Å². The van der Waals surface area contributed by atoms with Gasteiger partial charge in [-0.2, -0.15) is 0 Å². The van der Waals surface area contributed by atoms with Crippen LogP contribution in [0.1, 0.15) is 52.4 Å². The molecule has 4 saturated carbocycles. The van der Waals surface area contributed by atoms with Crippen LogP contribution in [0.3, 0.4) is 0 Å². The number of amides is 1. The number of hydrogen-bond donors (Lipinski definition) is 2. The second kappa shape index (κ2) is 3.96. The number of carbonyl (C=O) groups is 1. The smallest absolute Gasteiger partial charge is 0.237 e. The SMILES string of the molecule is CC(C)(NCC12CC3CC(CC(C3)C1)C2)C(N)=O. The van der Waals surface area contributed by atoms with Crippen LogP contribution in [0.25, 0.3) is 0 Å². The van der Waals surface area contributed by atoms with Crippen molar-refractivity contribution >= 4 is 5.91 Å². The third kappa shape index (κ3) is 2.07. The van der Waals surface area contributed by atoms with Crippen molar-refractivity contribution in [3.8, 4) is 0 Å². The van der Waals surface area contributed by atoms with Crippen molar-refractivity contribution < 1.29 is 4.79 Å². The maximum absolute atomic E-state index is 11.4. The second-order valence-corrected chi connectivity index (χ2v) is 7.76. The quantitative estimate of drug-likeness (QED) is 0.802. The fourth-order valence-electron chi connectivity index (χ4n) is 5.00. The zero-order chi connectivity index (χ0) is 13.0. The molecule has 0 radical (unpaired) electrons. The number of nitrogens with two attached hydrogens (primary N) is 1. The van der Waals surface area contributed by atoms with E-state index in [2.05, 4.69) is 5.32 Å². The molecule has 0 aromatic carbocycles. The fraction of sp³-hybridized carbons (Fsp3) is 0.933. The van der Waals surface area contributed by atoms with Crippen LogP contribution in [0.5, 0.6) is 0 Å². The molecule has 0 aliphatic heterocycles. The first-order valence-corrected chi connectivity index (χ1v) is 7.43. The van der Waals surface area contributed by atoms with Crippen molar-refractivity contribution in [1.29, 1.82) is 0 Å². The summed E-state index contributed by atoms with van der Waals surface area (Å²) in [4.78, 5) is 11.4. The standard InChI is InChI=1S/C15H26N2O/c1-14(2,13(16)18)17-9-15-6-10-3-11(7-15)5-12(4-10)8-15/h10-12,17H,3-9H2,1-2H3,(H2,16,18). The minimum Gasteiger partial charge on any atom is -0.368 e. The van der Waals surface area contributed by atoms with E-state index in [4.69, 9.17) is 5.73 Å². The van der Waals surface area contributed by atoms with Crippen molar-refractivity contribution in [3.63, 3.8) is 0 Å². The molecular weight excluding hydrogens is 224 g/mol. The van der Waals surface area contributed by atoms with Gasteiger partial charge in [-0.1, -0.05) is 0 Å². The molecular formula is C15H26N2O. The molecule has 4 aliphatic carbocycles. The first kappa shape index (κ1) is 12.5. The summed E-state index contributed by atoms with van der Waals surface area (Å²) >= 11 is 0. The molecule has 3 heteroatoms. The highest BCUT2D eigenvalue weighted by Crippen LogP contribution is 2.59. The fourth-order valence-corrected chi connectivity index (χ4v) is 5.00. The van der Waals surface area contributed by atoms with Crippen LogP contribution < -0.4 is 11.1 Å². The molecule has 102 valence electrons. The van der Waals surface area contributed by atoms with E-state index >= 15 is 0 Å². The summed E-state index contributed by atoms with van der Waals surface area (Å²) in [5.41, 5.74) is 5.35. The Kier molecular flexibility index (Phi) is 2.74. The normalized spacial score (nSPS) is 42.2. The number of nitrogens with one attached hydrogen (secondary N) is 1. The zero-order valence-electron chi connectivity index (χ0n) is 11.7. The number of hydrogen-bond acceptors (Lipinski definition) is 2. The third-order valence-electron chi connectivity index (χ3n) is 5.69. The van der Waals surface area contributed by atoms with Crippen molar-refractivity contribution in [2.45, 2.75) is 57.9 Å². The van der Waals surface area contributed by atoms with E-state index in [1.165, 1.54) is 38.5 Å². The van der Waals surface area contributed by atoms with Gasteiger partial charge in [0, 0.05) is 6.54 Å². The molecule has 0 atom stereocenters. The highest BCUT2D eigenvalue weighted by Gasteiger charge is 2.51. The van der Waals surface area contributed by atoms with E-state index in [1.54, 1.807) is 0 Å². The van der Waals surface area contributed by atoms with E-state index in [0.29, 0.717) is 5.41 Å². The van der Waals surface area contributed by atoms with Gasteiger partial charge in [-0.15, -0.1) is 0 Å². The first-order valence-electron chi connectivity index (χ1n) is 7.43. The second-order valence-electron chi connectivity index (χ2n) is 7.76. The molecule has 1 amide bonds. The summed E-state index contributed by atoms with van der Waals surface area (Å²) in [5, 5.41) is 3.44. The molecule has 4 rings (SSSR count). The Bertz CT molecular complexity index is 326. The van der Waals surface area contributed by atoms with Crippen LogP contribution in [0.2, 0.25) is 0 Å². The van der Waals surface area contributed by atoms with Gasteiger partial charge in [0.1, 0.15) is 0 Å². The summed E-state index contributed by atoms with van der Waals surface area (Å²) < 4.78 is 0. The van der Waals surface area contributed by atoms with E-state index < -0.39 is 5.54 Å². The van der Waals surface area contributed by atoms with E-state index in [1.807, 2.05) is 13.8 Å². The lowest BCUT2D eigenvalue weighted by molar-refractivity contribution is -0.124. The molecule has 0 spiro atoms. The lowest BCUT2D eigenvalue weighted by Gasteiger charge is -2.57. The Balaban J connectivity index is 1.67. The molecule has 4 bridgehead atoms. The maximum Gasteiger partial charge on any atom is 0.237 e. The van der Waals surface area contributed by atoms with E-state index in [0.717, 1.165) is 24.3 Å². The highest BCUT2D eigenvalue weighted by atomic mass is 16.1. The van der Waals surface area contributed by atoms with Crippen LogP contribution in [0, 0.1) is 23.2 Å². The molecule has 4 fully saturated rings. The molecule has 18 heavy (non-hydrogen) atoms. The van der Waals surface area contributed by atoms with Crippen molar-refractivity contribution in [2.24, 2.45) is 28.9 Å². The van der Waals surface area contributed by atoms with Crippen LogP contribution in [0.15, 0.2) is 0 Å². The highest BCUT2D eigenvalue weighted by molar-refractivity contribution is 5.83. The van der Waals surface area contributed by atoms with Gasteiger partial charge < -0.3 is 11.1 Å². The Morgan fingerprint density at radius 2 is 1.61 bits per heavy atom. The molecule has 0 saturated heterocycles. The Hall–Kier alpha value is -0.570. The summed E-state index contributed by atoms with van der Waals surface area (Å²) in [6.45, 7) is 4.78. The van der Waals surface area contributed by atoms with Gasteiger partial charge in [0.15, 0.2) is 0 Å². The van der Waals surface area contributed by atoms with E-state index in [-0.39, 0.29) is 5.91 Å². The number of carbonyl (C=O) groups excluding carboxylic acids is 1. The summed E-state index contributed by atoms with van der Waals surface area (Å²) in [6.07, 6.45) is 8.54. The number of rotatable bonds is 4. The molecule has 0 aromatic rings. The lowest BCUT2D eigenvalue weighted by atomic mass is 9.49. The molecule has 0 aromatic heterocycles. The summed E-state index contributed by atoms with van der Waals surface area (Å²) in [7, 11) is 0. The minimum absolute atomic E-state index is 0.243. The zero-order valence-corrected chi connectivity index (χ0v) is 11.7. The van der Waals surface area contributed by atoms with Gasteiger partial charge in [0.05, 0.1) is 5.54 Å². The topological polar surface area (TPSA) is 55.1 Å². The Morgan fingerprint density at radius 3 is 2.00 bits per heavy atom. The van der Waals surface area contributed by atoms with Crippen LogP contribution in [0.4, 0.5) is 0 Å². The van der Waals surface area contributed by atoms with Crippen LogP contribution >= 0.6 is 0 Å². The molecule has 0 heterocycles. The molecule has 0 unspecified atom stereocenters. The van der Waals surface area contributed by atoms with Gasteiger partial charge in [-0.25, -0.2) is 0 Å². The maximum atomic E-state index is 11.4. The first-order chi connectivity index (χ1) is 8.39. The van der Waals surface area contributed by atoms with Gasteiger partial charge in [0.2, 0.25) is 5.91 Å². The summed E-state index contributed by atoms with van der Waals surface area (Å²) in [6, 6.07) is 0. The van der Waals surface area contributed by atoms with Gasteiger partial charge >= 0.3 is 0 Å². The monoisotopic (exact) mass is 250 g/mol. The average Bonchev–Trinajstić information content (AvgIpc) is 2.24. The lowest BCUT2D eigenvalue weighted by Crippen LogP contribution is -2.57.